The maximum absolute atomic E-state index is 11.3. The van der Waals surface area contributed by atoms with E-state index < -0.39 is 0 Å². The molecule has 2 rings (SSSR count). The van der Waals surface area contributed by atoms with Crippen molar-refractivity contribution in [1.82, 2.24) is 0 Å². The minimum atomic E-state index is -0.363. The highest BCUT2D eigenvalue weighted by Crippen LogP contribution is 2.33. The van der Waals surface area contributed by atoms with Crippen molar-refractivity contribution in [1.29, 1.82) is 0 Å². The van der Waals surface area contributed by atoms with Crippen LogP contribution in [0, 0.1) is 0 Å². The average Bonchev–Trinajstić information content (AvgIpc) is 2.69. The second kappa shape index (κ2) is 4.03. The summed E-state index contributed by atoms with van der Waals surface area (Å²) in [4.78, 5) is 11.3. The van der Waals surface area contributed by atoms with Gasteiger partial charge >= 0.3 is 0 Å². The van der Waals surface area contributed by atoms with Gasteiger partial charge in [0.1, 0.15) is 7.20 Å². The fourth-order valence-electron chi connectivity index (χ4n) is 2.02. The average molecular weight is 205 g/mol. The quantitative estimate of drug-likeness (QED) is 0.783. The Bertz CT molecular complexity index is 394. The lowest BCUT2D eigenvalue weighted by Gasteiger charge is -2.13. The summed E-state index contributed by atoms with van der Waals surface area (Å²) in [7, 11) is 0. The molecule has 0 spiro atoms. The van der Waals surface area contributed by atoms with Crippen LogP contribution in [-0.4, -0.2) is 18.4 Å². The van der Waals surface area contributed by atoms with E-state index in [0.29, 0.717) is 12.3 Å². The van der Waals surface area contributed by atoms with E-state index in [1.165, 1.54) is 12.5 Å². The summed E-state index contributed by atoms with van der Waals surface area (Å²) in [6.45, 7) is 2.38. The number of hydrogen-bond donors (Lipinski definition) is 2. The zero-order valence-electron chi connectivity index (χ0n) is 9.79. The van der Waals surface area contributed by atoms with E-state index in [1.807, 2.05) is 18.2 Å². The molecule has 1 aromatic carbocycles. The van der Waals surface area contributed by atoms with Crippen molar-refractivity contribution < 1.29 is 6.21 Å². The van der Waals surface area contributed by atoms with E-state index in [1.54, 1.807) is 0 Å². The number of hydrogen-bond acceptors (Lipinski definition) is 3. The van der Waals surface area contributed by atoms with E-state index in [4.69, 9.17) is 1.41 Å². The van der Waals surface area contributed by atoms with Crippen LogP contribution in [0.5, 0.6) is 0 Å². The molecule has 1 aromatic rings. The van der Waals surface area contributed by atoms with Crippen molar-refractivity contribution in [2.24, 2.45) is 5.73 Å². The Morgan fingerprint density at radius 3 is 3.27 bits per heavy atom. The third-order valence-corrected chi connectivity index (χ3v) is 2.95. The maximum Gasteiger partial charge on any atom is 0.146 e. The number of Topliss-reactive ketones (excluding diaryl/α,β-unsaturated/α-hetero) is 1. The van der Waals surface area contributed by atoms with Crippen molar-refractivity contribution in [3.8, 4) is 0 Å². The van der Waals surface area contributed by atoms with Gasteiger partial charge in [0.15, 0.2) is 0 Å². The third-order valence-electron chi connectivity index (χ3n) is 2.95. The first-order valence-corrected chi connectivity index (χ1v) is 5.23. The topological polar surface area (TPSA) is 55.1 Å². The van der Waals surface area contributed by atoms with Gasteiger partial charge in [-0.15, -0.1) is 0 Å². The first kappa shape index (κ1) is 8.92. The third kappa shape index (κ3) is 2.02. The number of carbonyl (C=O) groups is 1. The van der Waals surface area contributed by atoms with Gasteiger partial charge in [0.05, 0.1) is 6.04 Å². The number of para-hydroxylation sites is 1. The molecule has 0 saturated carbocycles. The van der Waals surface area contributed by atoms with E-state index in [2.05, 4.69) is 17.1 Å². The Labute approximate surface area is 91.1 Å². The van der Waals surface area contributed by atoms with Gasteiger partial charge in [-0.1, -0.05) is 18.2 Å². The summed E-state index contributed by atoms with van der Waals surface area (Å²) < 4.78 is 7.15. The van der Waals surface area contributed by atoms with Crippen LogP contribution in [-0.2, 0) is 4.79 Å². The van der Waals surface area contributed by atoms with E-state index >= 15 is 0 Å². The molecule has 0 saturated heterocycles. The van der Waals surface area contributed by atoms with Crippen molar-refractivity contribution in [3.63, 3.8) is 0 Å². The molecule has 3 heteroatoms. The SMILES string of the molecule is [2H]NC(CC1CNc2ccccc21)C(C)=O. The number of anilines is 1. The van der Waals surface area contributed by atoms with Crippen molar-refractivity contribution in [2.45, 2.75) is 25.3 Å². The number of carbonyl (C=O) groups excluding carboxylic acids is 1. The molecule has 0 bridgehead atoms. The van der Waals surface area contributed by atoms with Gasteiger partial charge in [0.2, 0.25) is 0 Å². The Balaban J connectivity index is 2.11. The first-order valence-electron chi connectivity index (χ1n) is 5.73. The summed E-state index contributed by atoms with van der Waals surface area (Å²) >= 11 is 0. The van der Waals surface area contributed by atoms with Crippen LogP contribution in [0.3, 0.4) is 0 Å². The minimum Gasteiger partial charge on any atom is -0.384 e. The maximum atomic E-state index is 11.3. The van der Waals surface area contributed by atoms with E-state index in [0.717, 1.165) is 12.2 Å². The summed E-state index contributed by atoms with van der Waals surface area (Å²) in [6.07, 6.45) is 0.683. The Morgan fingerprint density at radius 1 is 1.73 bits per heavy atom. The van der Waals surface area contributed by atoms with Gasteiger partial charge in [-0.3, -0.25) is 4.79 Å². The van der Waals surface area contributed by atoms with Crippen LogP contribution >= 0.6 is 0 Å². The highest BCUT2D eigenvalue weighted by Gasteiger charge is 2.24. The van der Waals surface area contributed by atoms with Gasteiger partial charge in [-0.05, 0) is 25.0 Å². The molecule has 1 aliphatic rings. The zero-order valence-corrected chi connectivity index (χ0v) is 8.79. The van der Waals surface area contributed by atoms with E-state index in [-0.39, 0.29) is 11.8 Å². The van der Waals surface area contributed by atoms with Crippen LogP contribution in [0.15, 0.2) is 24.3 Å². The minimum absolute atomic E-state index is 0.0272. The van der Waals surface area contributed by atoms with Gasteiger partial charge in [0, 0.05) is 18.2 Å². The largest absolute Gasteiger partial charge is 0.384 e. The van der Waals surface area contributed by atoms with Crippen LogP contribution in [0.2, 0.25) is 1.41 Å². The molecule has 1 aliphatic heterocycles. The molecule has 3 nitrogen and oxygen atoms in total. The van der Waals surface area contributed by atoms with Crippen LogP contribution in [0.25, 0.3) is 0 Å². The number of benzene rings is 1. The molecule has 80 valence electrons. The van der Waals surface area contributed by atoms with Crippen LogP contribution < -0.4 is 11.0 Å². The lowest BCUT2D eigenvalue weighted by atomic mass is 9.93. The molecule has 1 heterocycles. The van der Waals surface area contributed by atoms with Gasteiger partial charge in [-0.25, -0.2) is 0 Å². The second-order valence-electron chi connectivity index (χ2n) is 4.06. The molecule has 0 amide bonds. The summed E-state index contributed by atoms with van der Waals surface area (Å²) in [5.74, 6) is 0.349. The first-order chi connectivity index (χ1) is 7.72. The molecule has 2 unspecified atom stereocenters. The smallest absolute Gasteiger partial charge is 0.146 e. The number of nitrogens with one attached hydrogen (secondary N) is 1. The molecule has 0 radical (unpaired) electrons. The molecular weight excluding hydrogens is 188 g/mol. The second-order valence-corrected chi connectivity index (χ2v) is 4.06. The Morgan fingerprint density at radius 2 is 2.53 bits per heavy atom. The fraction of sp³-hybridized carbons (Fsp3) is 0.417. The fourth-order valence-corrected chi connectivity index (χ4v) is 2.02. The Kier molecular flexibility index (Phi) is 2.39. The van der Waals surface area contributed by atoms with E-state index in [9.17, 15) is 4.79 Å². The van der Waals surface area contributed by atoms with Crippen molar-refractivity contribution in [3.05, 3.63) is 29.8 Å². The standard InChI is InChI=1S/C12H16N2O/c1-8(15)11(13)6-9-7-14-12-5-3-2-4-10(9)12/h2-5,9,11,14H,6-7,13H2,1H3/i/hD. The van der Waals surface area contributed by atoms with Crippen molar-refractivity contribution >= 4 is 11.5 Å². The Hall–Kier alpha value is -1.35. The molecule has 0 aliphatic carbocycles. The molecule has 0 fully saturated rings. The normalized spacial score (nSPS) is 21.4. The highest BCUT2D eigenvalue weighted by molar-refractivity contribution is 5.81. The predicted octanol–water partition coefficient (Wildman–Crippen LogP) is 1.50. The molecular formula is C12H16N2O. The summed E-state index contributed by atoms with van der Waals surface area (Å²) in [5, 5.41) is 3.32. The monoisotopic (exact) mass is 205 g/mol. The lowest BCUT2D eigenvalue weighted by Crippen LogP contribution is -2.30. The summed E-state index contributed by atoms with van der Waals surface area (Å²) in [5.41, 5.74) is 4.74. The van der Waals surface area contributed by atoms with Gasteiger partial charge < -0.3 is 11.0 Å². The number of rotatable bonds is 4. The molecule has 3 N–H and O–H groups in total. The molecule has 2 atom stereocenters. The summed E-state index contributed by atoms with van der Waals surface area (Å²) in [6, 6.07) is 7.78. The number of fused-ring (bicyclic) bond motifs is 1. The highest BCUT2D eigenvalue weighted by atomic mass is 16.1. The lowest BCUT2D eigenvalue weighted by molar-refractivity contribution is -0.118. The predicted molar refractivity (Wildman–Crippen MR) is 60.9 cm³/mol. The van der Waals surface area contributed by atoms with Gasteiger partial charge in [-0.2, -0.15) is 0 Å². The van der Waals surface area contributed by atoms with Crippen molar-refractivity contribution in [2.75, 3.05) is 11.9 Å². The van der Waals surface area contributed by atoms with Crippen LogP contribution in [0.4, 0.5) is 5.69 Å². The van der Waals surface area contributed by atoms with Crippen LogP contribution in [0.1, 0.15) is 24.8 Å². The number of ketones is 1. The van der Waals surface area contributed by atoms with Gasteiger partial charge in [0.25, 0.3) is 0 Å². The molecule has 15 heavy (non-hydrogen) atoms. The number of nitrogens with two attached hydrogens (primary N) is 1. The molecule has 0 aromatic heterocycles. The zero-order chi connectivity index (χ0) is 11.5.